The number of carbonyl (C=O) groups excluding carboxylic acids is 2. The minimum absolute atomic E-state index is 0.0504. The Morgan fingerprint density at radius 2 is 1.74 bits per heavy atom. The molecule has 1 saturated heterocycles. The predicted octanol–water partition coefficient (Wildman–Crippen LogP) is 5.17. The molecule has 0 aromatic heterocycles. The molecule has 1 fully saturated rings. The van der Waals surface area contributed by atoms with E-state index in [9.17, 15) is 18.4 Å². The Hall–Kier alpha value is -3.19. The number of benzene rings is 3. The van der Waals surface area contributed by atoms with Crippen LogP contribution in [-0.4, -0.2) is 28.5 Å². The summed E-state index contributed by atoms with van der Waals surface area (Å²) in [4.78, 5) is 27.9. The summed E-state index contributed by atoms with van der Waals surface area (Å²) in [6.45, 7) is 1.92. The minimum atomic E-state index is -0.841. The number of nitrogens with one attached hydrogen (secondary N) is 1. The largest absolute Gasteiger partial charge is 0.322 e. The number of anilines is 1. The molecule has 2 unspecified atom stereocenters. The lowest BCUT2D eigenvalue weighted by molar-refractivity contribution is -0.119. The van der Waals surface area contributed by atoms with Gasteiger partial charge in [-0.2, -0.15) is 0 Å². The molecule has 158 valence electrons. The van der Waals surface area contributed by atoms with Crippen molar-refractivity contribution in [3.8, 4) is 0 Å². The van der Waals surface area contributed by atoms with Gasteiger partial charge >= 0.3 is 0 Å². The number of aryl methyl sites for hydroxylation is 1. The van der Waals surface area contributed by atoms with E-state index < -0.39 is 29.0 Å². The lowest BCUT2D eigenvalue weighted by Gasteiger charge is -2.29. The van der Waals surface area contributed by atoms with Crippen LogP contribution in [0.15, 0.2) is 72.8 Å². The highest BCUT2D eigenvalue weighted by Gasteiger charge is 2.42. The van der Waals surface area contributed by atoms with Crippen molar-refractivity contribution < 1.29 is 18.4 Å². The number of hydrogen-bond acceptors (Lipinski definition) is 3. The molecule has 1 aliphatic heterocycles. The molecule has 4 nitrogen and oxygen atoms in total. The topological polar surface area (TPSA) is 49.4 Å². The van der Waals surface area contributed by atoms with E-state index in [-0.39, 0.29) is 11.6 Å². The second kappa shape index (κ2) is 8.89. The van der Waals surface area contributed by atoms with E-state index in [0.29, 0.717) is 16.9 Å². The number of carbonyl (C=O) groups is 2. The van der Waals surface area contributed by atoms with Crippen molar-refractivity contribution in [2.75, 3.05) is 11.1 Å². The van der Waals surface area contributed by atoms with E-state index in [2.05, 4.69) is 5.32 Å². The van der Waals surface area contributed by atoms with Gasteiger partial charge in [0.2, 0.25) is 5.91 Å². The molecule has 0 radical (unpaired) electrons. The normalized spacial score (nSPS) is 18.1. The zero-order chi connectivity index (χ0) is 22.0. The second-order valence-corrected chi connectivity index (χ2v) is 8.42. The van der Waals surface area contributed by atoms with Gasteiger partial charge in [-0.25, -0.2) is 8.78 Å². The van der Waals surface area contributed by atoms with E-state index in [0.717, 1.165) is 5.56 Å². The maximum Gasteiger partial charge on any atom is 0.255 e. The Bertz CT molecular complexity index is 1120. The average Bonchev–Trinajstić information content (AvgIpc) is 3.21. The van der Waals surface area contributed by atoms with E-state index in [4.69, 9.17) is 0 Å². The first-order chi connectivity index (χ1) is 14.9. The number of hydrogen-bond donors (Lipinski definition) is 1. The molecular formula is C24H20F2N2O2S. The highest BCUT2D eigenvalue weighted by molar-refractivity contribution is 7.99. The van der Waals surface area contributed by atoms with Crippen LogP contribution in [0.4, 0.5) is 14.5 Å². The van der Waals surface area contributed by atoms with E-state index in [1.54, 1.807) is 30.3 Å². The standard InChI is InChI=1S/C24H20F2N2O2S/c1-15-9-11-16(12-10-15)23(30)28-21(22(29)27-20-8-3-2-7-19(20)26)14-31-24(28)17-5-4-6-18(25)13-17/h2-13,21,24H,14H2,1H3,(H,27,29). The van der Waals surface area contributed by atoms with E-state index in [1.165, 1.54) is 47.0 Å². The molecule has 3 aromatic carbocycles. The van der Waals surface area contributed by atoms with Crippen molar-refractivity contribution in [3.63, 3.8) is 0 Å². The van der Waals surface area contributed by atoms with Crippen molar-refractivity contribution in [2.24, 2.45) is 0 Å². The van der Waals surface area contributed by atoms with Gasteiger partial charge in [0.05, 0.1) is 5.69 Å². The molecule has 2 atom stereocenters. The van der Waals surface area contributed by atoms with Crippen LogP contribution in [0.25, 0.3) is 0 Å². The van der Waals surface area contributed by atoms with Crippen LogP contribution in [0.1, 0.15) is 26.9 Å². The third-order valence-electron chi connectivity index (χ3n) is 5.10. The summed E-state index contributed by atoms with van der Waals surface area (Å²) in [5, 5.41) is 2.04. The highest BCUT2D eigenvalue weighted by Crippen LogP contribution is 2.42. The monoisotopic (exact) mass is 438 g/mol. The summed E-state index contributed by atoms with van der Waals surface area (Å²) in [7, 11) is 0. The van der Waals surface area contributed by atoms with Crippen LogP contribution in [0.3, 0.4) is 0 Å². The number of amides is 2. The van der Waals surface area contributed by atoms with Gasteiger partial charge in [0.1, 0.15) is 23.1 Å². The van der Waals surface area contributed by atoms with Gasteiger partial charge in [0, 0.05) is 11.3 Å². The Balaban J connectivity index is 1.68. The number of nitrogens with zero attached hydrogens (tertiary/aromatic N) is 1. The summed E-state index contributed by atoms with van der Waals surface area (Å²) in [5.74, 6) is -1.50. The van der Waals surface area contributed by atoms with Gasteiger partial charge in [-0.05, 0) is 48.9 Å². The zero-order valence-electron chi connectivity index (χ0n) is 16.7. The summed E-state index contributed by atoms with van der Waals surface area (Å²) in [5.41, 5.74) is 2.07. The number of rotatable bonds is 4. The van der Waals surface area contributed by atoms with Crippen molar-refractivity contribution in [1.82, 2.24) is 4.90 Å². The number of thioether (sulfide) groups is 1. The van der Waals surface area contributed by atoms with Crippen molar-refractivity contribution in [3.05, 3.63) is 101 Å². The molecule has 0 spiro atoms. The third kappa shape index (κ3) is 4.46. The minimum Gasteiger partial charge on any atom is -0.322 e. The van der Waals surface area contributed by atoms with Gasteiger partial charge in [-0.3, -0.25) is 9.59 Å². The van der Waals surface area contributed by atoms with Crippen LogP contribution in [-0.2, 0) is 4.79 Å². The number of para-hydroxylation sites is 1. The summed E-state index contributed by atoms with van der Waals surface area (Å²) >= 11 is 1.37. The van der Waals surface area contributed by atoms with Gasteiger partial charge < -0.3 is 10.2 Å². The lowest BCUT2D eigenvalue weighted by Crippen LogP contribution is -2.45. The highest BCUT2D eigenvalue weighted by atomic mass is 32.2. The van der Waals surface area contributed by atoms with E-state index >= 15 is 0 Å². The second-order valence-electron chi connectivity index (χ2n) is 7.30. The molecule has 0 saturated carbocycles. The Morgan fingerprint density at radius 3 is 2.45 bits per heavy atom. The van der Waals surface area contributed by atoms with Crippen LogP contribution in [0, 0.1) is 18.6 Å². The van der Waals surface area contributed by atoms with Gasteiger partial charge in [0.25, 0.3) is 5.91 Å². The molecule has 0 aliphatic carbocycles. The molecule has 3 aromatic rings. The van der Waals surface area contributed by atoms with Crippen LogP contribution in [0.5, 0.6) is 0 Å². The smallest absolute Gasteiger partial charge is 0.255 e. The Morgan fingerprint density at radius 1 is 1.00 bits per heavy atom. The van der Waals surface area contributed by atoms with Crippen molar-refractivity contribution in [1.29, 1.82) is 0 Å². The fraction of sp³-hybridized carbons (Fsp3) is 0.167. The molecule has 4 rings (SSSR count). The maximum absolute atomic E-state index is 14.0. The van der Waals surface area contributed by atoms with Crippen LogP contribution in [0.2, 0.25) is 0 Å². The van der Waals surface area contributed by atoms with Crippen molar-refractivity contribution >= 4 is 29.3 Å². The quantitative estimate of drug-likeness (QED) is 0.612. The SMILES string of the molecule is Cc1ccc(C(=O)N2C(C(=O)Nc3ccccc3F)CSC2c2cccc(F)c2)cc1. The lowest BCUT2D eigenvalue weighted by atomic mass is 10.1. The summed E-state index contributed by atoms with van der Waals surface area (Å²) < 4.78 is 27.9. The first-order valence-corrected chi connectivity index (χ1v) is 10.8. The maximum atomic E-state index is 14.0. The van der Waals surface area contributed by atoms with Gasteiger partial charge in [-0.1, -0.05) is 42.0 Å². The van der Waals surface area contributed by atoms with Crippen LogP contribution < -0.4 is 5.32 Å². The van der Waals surface area contributed by atoms with E-state index in [1.807, 2.05) is 19.1 Å². The summed E-state index contributed by atoms with van der Waals surface area (Å²) in [6, 6.07) is 18.1. The van der Waals surface area contributed by atoms with Crippen LogP contribution >= 0.6 is 11.8 Å². The first kappa shape index (κ1) is 21.1. The molecule has 31 heavy (non-hydrogen) atoms. The Kier molecular flexibility index (Phi) is 6.04. The average molecular weight is 438 g/mol. The number of halogens is 2. The zero-order valence-corrected chi connectivity index (χ0v) is 17.5. The fourth-order valence-electron chi connectivity index (χ4n) is 3.50. The molecule has 7 heteroatoms. The molecule has 1 aliphatic rings. The van der Waals surface area contributed by atoms with Gasteiger partial charge in [0.15, 0.2) is 0 Å². The Labute approximate surface area is 183 Å². The third-order valence-corrected chi connectivity index (χ3v) is 6.42. The predicted molar refractivity (Wildman–Crippen MR) is 118 cm³/mol. The summed E-state index contributed by atoms with van der Waals surface area (Å²) in [6.07, 6.45) is 0. The molecule has 0 bridgehead atoms. The molecule has 2 amide bonds. The molecule has 1 N–H and O–H groups in total. The first-order valence-electron chi connectivity index (χ1n) is 9.76. The van der Waals surface area contributed by atoms with Gasteiger partial charge in [-0.15, -0.1) is 11.8 Å². The molecule has 1 heterocycles. The molecular weight excluding hydrogens is 418 g/mol. The van der Waals surface area contributed by atoms with Crippen molar-refractivity contribution in [2.45, 2.75) is 18.3 Å². The fourth-order valence-corrected chi connectivity index (χ4v) is 4.92.